The highest BCUT2D eigenvalue weighted by atomic mass is 19.1. The van der Waals surface area contributed by atoms with Crippen molar-refractivity contribution in [2.24, 2.45) is 0 Å². The average Bonchev–Trinajstić information content (AvgIpc) is 2.73. The van der Waals surface area contributed by atoms with Crippen LogP contribution in [-0.2, 0) is 4.74 Å². The molecule has 0 bridgehead atoms. The fourth-order valence-corrected chi connectivity index (χ4v) is 2.19. The number of aliphatic hydroxyl groups is 2. The molecule has 0 saturated carbocycles. The number of hydrogen-bond donors (Lipinski definition) is 2. The Morgan fingerprint density at radius 3 is 2.78 bits per heavy atom. The quantitative estimate of drug-likeness (QED) is 0.856. The summed E-state index contributed by atoms with van der Waals surface area (Å²) in [4.78, 5) is 0. The molecular weight excluding hydrogens is 239 g/mol. The molecule has 2 N–H and O–H groups in total. The van der Waals surface area contributed by atoms with E-state index in [9.17, 15) is 9.50 Å². The van der Waals surface area contributed by atoms with Gasteiger partial charge in [0.05, 0.1) is 25.9 Å². The van der Waals surface area contributed by atoms with Gasteiger partial charge in [0.15, 0.2) is 0 Å². The largest absolute Gasteiger partial charge is 0.496 e. The summed E-state index contributed by atoms with van der Waals surface area (Å²) in [5.41, 5.74) is 1.06. The fourth-order valence-electron chi connectivity index (χ4n) is 2.19. The summed E-state index contributed by atoms with van der Waals surface area (Å²) in [7, 11) is 1.51. The second-order valence-electron chi connectivity index (χ2n) is 4.49. The third-order valence-electron chi connectivity index (χ3n) is 3.26. The van der Waals surface area contributed by atoms with Crippen LogP contribution < -0.4 is 4.74 Å². The van der Waals surface area contributed by atoms with Gasteiger partial charge in [0.1, 0.15) is 17.7 Å². The van der Waals surface area contributed by atoms with Crippen molar-refractivity contribution in [1.82, 2.24) is 0 Å². The number of methoxy groups -OCH3 is 1. The number of aryl methyl sites for hydroxylation is 1. The molecule has 1 fully saturated rings. The smallest absolute Gasteiger partial charge is 0.126 e. The van der Waals surface area contributed by atoms with Gasteiger partial charge in [0, 0.05) is 12.0 Å². The van der Waals surface area contributed by atoms with Crippen LogP contribution in [0.5, 0.6) is 5.75 Å². The molecule has 18 heavy (non-hydrogen) atoms. The average molecular weight is 256 g/mol. The Balaban J connectivity index is 2.31. The van der Waals surface area contributed by atoms with Crippen molar-refractivity contribution in [3.63, 3.8) is 0 Å². The first-order valence-electron chi connectivity index (χ1n) is 5.85. The van der Waals surface area contributed by atoms with E-state index in [0.717, 1.165) is 0 Å². The van der Waals surface area contributed by atoms with E-state index in [4.69, 9.17) is 14.6 Å². The maximum Gasteiger partial charge on any atom is 0.126 e. The molecule has 0 aromatic heterocycles. The lowest BCUT2D eigenvalue weighted by atomic mass is 10.0. The second kappa shape index (κ2) is 5.22. The SMILES string of the molecule is COc1cc(C)c(F)cc1[C@H]1CC(O)[C@@H](CO)O1. The van der Waals surface area contributed by atoms with Crippen molar-refractivity contribution < 1.29 is 24.1 Å². The van der Waals surface area contributed by atoms with E-state index in [1.54, 1.807) is 13.0 Å². The minimum Gasteiger partial charge on any atom is -0.496 e. The van der Waals surface area contributed by atoms with Gasteiger partial charge in [-0.15, -0.1) is 0 Å². The summed E-state index contributed by atoms with van der Waals surface area (Å²) in [5, 5.41) is 18.7. The molecule has 100 valence electrons. The first-order valence-corrected chi connectivity index (χ1v) is 5.85. The van der Waals surface area contributed by atoms with Crippen molar-refractivity contribution in [3.05, 3.63) is 29.1 Å². The van der Waals surface area contributed by atoms with Crippen molar-refractivity contribution in [2.75, 3.05) is 13.7 Å². The number of halogens is 1. The molecular formula is C13H17FO4. The van der Waals surface area contributed by atoms with E-state index >= 15 is 0 Å². The van der Waals surface area contributed by atoms with Crippen molar-refractivity contribution in [1.29, 1.82) is 0 Å². The zero-order valence-electron chi connectivity index (χ0n) is 10.4. The Morgan fingerprint density at radius 1 is 1.50 bits per heavy atom. The predicted octanol–water partition coefficient (Wildman–Crippen LogP) is 1.33. The molecule has 3 atom stereocenters. The van der Waals surface area contributed by atoms with E-state index in [2.05, 4.69) is 0 Å². The van der Waals surface area contributed by atoms with Crippen LogP contribution in [0.15, 0.2) is 12.1 Å². The van der Waals surface area contributed by atoms with Crippen LogP contribution in [0.2, 0.25) is 0 Å². The molecule has 5 heteroatoms. The van der Waals surface area contributed by atoms with Crippen LogP contribution in [0.25, 0.3) is 0 Å². The normalized spacial score (nSPS) is 27.5. The molecule has 0 amide bonds. The summed E-state index contributed by atoms with van der Waals surface area (Å²) in [5.74, 6) is 0.195. The summed E-state index contributed by atoms with van der Waals surface area (Å²) in [6.07, 6.45) is -1.50. The van der Waals surface area contributed by atoms with Gasteiger partial charge in [-0.2, -0.15) is 0 Å². The Labute approximate surface area is 105 Å². The topological polar surface area (TPSA) is 58.9 Å². The van der Waals surface area contributed by atoms with E-state index in [1.165, 1.54) is 13.2 Å². The van der Waals surface area contributed by atoms with E-state index in [0.29, 0.717) is 23.3 Å². The van der Waals surface area contributed by atoms with Gasteiger partial charge in [-0.05, 0) is 24.6 Å². The van der Waals surface area contributed by atoms with E-state index < -0.39 is 18.3 Å². The van der Waals surface area contributed by atoms with Crippen molar-refractivity contribution in [3.8, 4) is 5.75 Å². The number of aliphatic hydroxyl groups excluding tert-OH is 2. The van der Waals surface area contributed by atoms with Crippen LogP contribution in [0.4, 0.5) is 4.39 Å². The van der Waals surface area contributed by atoms with Crippen LogP contribution in [0.3, 0.4) is 0 Å². The molecule has 1 unspecified atom stereocenters. The molecule has 2 rings (SSSR count). The Kier molecular flexibility index (Phi) is 3.85. The fraction of sp³-hybridized carbons (Fsp3) is 0.538. The molecule has 1 aliphatic heterocycles. The third kappa shape index (κ3) is 2.34. The minimum absolute atomic E-state index is 0.256. The van der Waals surface area contributed by atoms with Gasteiger partial charge >= 0.3 is 0 Å². The maximum absolute atomic E-state index is 13.6. The Bertz CT molecular complexity index is 435. The molecule has 0 aliphatic carbocycles. The molecule has 1 heterocycles. The van der Waals surface area contributed by atoms with Gasteiger partial charge in [-0.3, -0.25) is 0 Å². The molecule has 0 radical (unpaired) electrons. The number of hydrogen-bond acceptors (Lipinski definition) is 4. The minimum atomic E-state index is -0.742. The summed E-state index contributed by atoms with van der Waals surface area (Å²) >= 11 is 0. The van der Waals surface area contributed by atoms with Crippen molar-refractivity contribution in [2.45, 2.75) is 31.7 Å². The van der Waals surface area contributed by atoms with Crippen LogP contribution >= 0.6 is 0 Å². The third-order valence-corrected chi connectivity index (χ3v) is 3.26. The van der Waals surface area contributed by atoms with E-state index in [1.807, 2.05) is 0 Å². The monoisotopic (exact) mass is 256 g/mol. The van der Waals surface area contributed by atoms with Gasteiger partial charge in [0.25, 0.3) is 0 Å². The lowest BCUT2D eigenvalue weighted by Crippen LogP contribution is -2.24. The molecule has 1 saturated heterocycles. The lowest BCUT2D eigenvalue weighted by Gasteiger charge is -2.16. The molecule has 1 aromatic rings. The first kappa shape index (κ1) is 13.3. The number of benzene rings is 1. The van der Waals surface area contributed by atoms with Gasteiger partial charge in [-0.25, -0.2) is 4.39 Å². The van der Waals surface area contributed by atoms with Gasteiger partial charge < -0.3 is 19.7 Å². The Morgan fingerprint density at radius 2 is 2.22 bits per heavy atom. The zero-order chi connectivity index (χ0) is 13.3. The zero-order valence-corrected chi connectivity index (χ0v) is 10.4. The van der Waals surface area contributed by atoms with Crippen molar-refractivity contribution >= 4 is 0 Å². The van der Waals surface area contributed by atoms with Gasteiger partial charge in [-0.1, -0.05) is 0 Å². The highest BCUT2D eigenvalue weighted by Gasteiger charge is 2.35. The highest BCUT2D eigenvalue weighted by molar-refractivity contribution is 5.40. The Hall–Kier alpha value is -1.17. The second-order valence-corrected chi connectivity index (χ2v) is 4.49. The number of ether oxygens (including phenoxy) is 2. The number of rotatable bonds is 3. The van der Waals surface area contributed by atoms with Crippen LogP contribution in [-0.4, -0.2) is 36.1 Å². The predicted molar refractivity (Wildman–Crippen MR) is 63.0 cm³/mol. The molecule has 4 nitrogen and oxygen atoms in total. The summed E-state index contributed by atoms with van der Waals surface area (Å²) < 4.78 is 24.3. The highest BCUT2D eigenvalue weighted by Crippen LogP contribution is 2.38. The maximum atomic E-state index is 13.6. The van der Waals surface area contributed by atoms with E-state index in [-0.39, 0.29) is 12.4 Å². The molecule has 1 aromatic carbocycles. The molecule has 0 spiro atoms. The first-order chi connectivity index (χ1) is 8.56. The standard InChI is InChI=1S/C13H17FO4/c1-7-3-11(17-2)8(4-9(7)14)12-5-10(16)13(6-15)18-12/h3-4,10,12-13,15-16H,5-6H2,1-2H3/t10?,12-,13-/m1/s1. The van der Waals surface area contributed by atoms with Gasteiger partial charge in [0.2, 0.25) is 0 Å². The summed E-state index contributed by atoms with van der Waals surface area (Å²) in [6.45, 7) is 1.40. The lowest BCUT2D eigenvalue weighted by molar-refractivity contribution is -0.0231. The van der Waals surface area contributed by atoms with Crippen LogP contribution in [0.1, 0.15) is 23.7 Å². The molecule has 1 aliphatic rings. The summed E-state index contributed by atoms with van der Waals surface area (Å²) in [6, 6.07) is 2.97. The van der Waals surface area contributed by atoms with Crippen LogP contribution in [0, 0.1) is 12.7 Å².